The number of piperazine rings is 1. The van der Waals surface area contributed by atoms with E-state index in [1.165, 1.54) is 17.7 Å². The minimum atomic E-state index is -0.306. The van der Waals surface area contributed by atoms with Crippen molar-refractivity contribution < 1.29 is 13.7 Å². The van der Waals surface area contributed by atoms with Gasteiger partial charge in [0.1, 0.15) is 5.82 Å². The maximum Gasteiger partial charge on any atom is 0.257 e. The van der Waals surface area contributed by atoms with E-state index in [0.29, 0.717) is 56.4 Å². The molecule has 2 aromatic heterocycles. The van der Waals surface area contributed by atoms with Crippen molar-refractivity contribution in [2.45, 2.75) is 26.8 Å². The molecule has 180 valence electrons. The molecule has 1 aliphatic rings. The lowest BCUT2D eigenvalue weighted by Gasteiger charge is -2.33. The average molecular weight is 475 g/mol. The van der Waals surface area contributed by atoms with E-state index in [1.54, 1.807) is 23.0 Å². The van der Waals surface area contributed by atoms with E-state index in [4.69, 9.17) is 4.52 Å². The zero-order valence-electron chi connectivity index (χ0n) is 19.8. The van der Waals surface area contributed by atoms with Crippen molar-refractivity contribution >= 4 is 5.91 Å². The number of aromatic nitrogens is 4. The molecule has 0 atom stereocenters. The molecule has 0 spiro atoms. The van der Waals surface area contributed by atoms with Crippen LogP contribution in [0, 0.1) is 12.7 Å². The molecule has 0 saturated carbocycles. The van der Waals surface area contributed by atoms with Crippen LogP contribution in [-0.2, 0) is 13.0 Å². The minimum Gasteiger partial charge on any atom is -0.338 e. The van der Waals surface area contributed by atoms with E-state index in [0.717, 1.165) is 16.9 Å². The monoisotopic (exact) mass is 474 g/mol. The first-order valence-corrected chi connectivity index (χ1v) is 11.8. The summed E-state index contributed by atoms with van der Waals surface area (Å²) in [4.78, 5) is 21.9. The molecule has 0 radical (unpaired) electrons. The Morgan fingerprint density at radius 3 is 2.43 bits per heavy atom. The van der Waals surface area contributed by atoms with Crippen molar-refractivity contribution in [3.63, 3.8) is 0 Å². The van der Waals surface area contributed by atoms with Crippen molar-refractivity contribution in [1.82, 2.24) is 29.7 Å². The Kier molecular flexibility index (Phi) is 6.41. The number of benzene rings is 2. The third kappa shape index (κ3) is 4.85. The molecule has 35 heavy (non-hydrogen) atoms. The van der Waals surface area contributed by atoms with Crippen molar-refractivity contribution in [3.05, 3.63) is 83.3 Å². The van der Waals surface area contributed by atoms with Gasteiger partial charge in [-0.05, 0) is 37.6 Å². The van der Waals surface area contributed by atoms with Gasteiger partial charge in [0.15, 0.2) is 0 Å². The van der Waals surface area contributed by atoms with Gasteiger partial charge >= 0.3 is 0 Å². The molecule has 1 fully saturated rings. The van der Waals surface area contributed by atoms with Crippen LogP contribution in [0.2, 0.25) is 0 Å². The second-order valence-electron chi connectivity index (χ2n) is 8.69. The van der Waals surface area contributed by atoms with Gasteiger partial charge in [0.05, 0.1) is 29.7 Å². The zero-order chi connectivity index (χ0) is 24.4. The second kappa shape index (κ2) is 9.79. The van der Waals surface area contributed by atoms with E-state index in [1.807, 2.05) is 43.0 Å². The summed E-state index contributed by atoms with van der Waals surface area (Å²) >= 11 is 0. The number of carbonyl (C=O) groups excluding carboxylic acids is 1. The summed E-state index contributed by atoms with van der Waals surface area (Å²) in [5, 5.41) is 8.52. The summed E-state index contributed by atoms with van der Waals surface area (Å²) in [6.45, 7) is 7.19. The summed E-state index contributed by atoms with van der Waals surface area (Å²) in [5.74, 6) is 0.808. The lowest BCUT2D eigenvalue weighted by molar-refractivity contribution is 0.0614. The molecule has 8 nitrogen and oxygen atoms in total. The van der Waals surface area contributed by atoms with Crippen LogP contribution >= 0.6 is 0 Å². The Morgan fingerprint density at radius 2 is 1.74 bits per heavy atom. The number of hydrogen-bond acceptors (Lipinski definition) is 6. The lowest BCUT2D eigenvalue weighted by atomic mass is 10.1. The highest BCUT2D eigenvalue weighted by Gasteiger charge is 2.26. The van der Waals surface area contributed by atoms with Gasteiger partial charge in [-0.25, -0.2) is 9.07 Å². The normalized spacial score (nSPS) is 14.4. The minimum absolute atomic E-state index is 0.0330. The third-order valence-electron chi connectivity index (χ3n) is 6.30. The average Bonchev–Trinajstić information content (AvgIpc) is 3.52. The van der Waals surface area contributed by atoms with Crippen LogP contribution < -0.4 is 0 Å². The van der Waals surface area contributed by atoms with E-state index < -0.39 is 0 Å². The topological polar surface area (TPSA) is 80.3 Å². The SMILES string of the molecule is CCc1c(C(=O)N2CCN(Cc3nc(-c4ccc(C)cc4)no3)CC2)cnn1-c1ccc(F)cc1. The van der Waals surface area contributed by atoms with E-state index in [-0.39, 0.29) is 11.7 Å². The number of hydrogen-bond donors (Lipinski definition) is 0. The van der Waals surface area contributed by atoms with Crippen LogP contribution in [0.25, 0.3) is 17.1 Å². The Morgan fingerprint density at radius 1 is 1.03 bits per heavy atom. The number of nitrogens with zero attached hydrogens (tertiary/aromatic N) is 6. The quantitative estimate of drug-likeness (QED) is 0.422. The van der Waals surface area contributed by atoms with Crippen molar-refractivity contribution in [2.24, 2.45) is 0 Å². The fraction of sp³-hybridized carbons (Fsp3) is 0.308. The van der Waals surface area contributed by atoms with Gasteiger partial charge in [-0.15, -0.1) is 0 Å². The predicted octanol–water partition coefficient (Wildman–Crippen LogP) is 3.89. The Labute approximate surface area is 203 Å². The lowest BCUT2D eigenvalue weighted by Crippen LogP contribution is -2.48. The number of aryl methyl sites for hydroxylation is 1. The van der Waals surface area contributed by atoms with Gasteiger partial charge in [0, 0.05) is 31.7 Å². The molecule has 4 aromatic rings. The first kappa shape index (κ1) is 22.9. The highest BCUT2D eigenvalue weighted by Crippen LogP contribution is 2.20. The van der Waals surface area contributed by atoms with Gasteiger partial charge in [0.25, 0.3) is 5.91 Å². The van der Waals surface area contributed by atoms with Crippen LogP contribution in [0.5, 0.6) is 0 Å². The molecule has 0 aliphatic carbocycles. The van der Waals surface area contributed by atoms with Gasteiger partial charge in [-0.3, -0.25) is 9.69 Å². The zero-order valence-corrected chi connectivity index (χ0v) is 19.8. The molecule has 9 heteroatoms. The molecule has 0 N–H and O–H groups in total. The molecule has 0 unspecified atom stereocenters. The van der Waals surface area contributed by atoms with E-state index in [9.17, 15) is 9.18 Å². The molecular weight excluding hydrogens is 447 g/mol. The number of amides is 1. The Balaban J connectivity index is 1.21. The fourth-order valence-electron chi connectivity index (χ4n) is 4.31. The Hall–Kier alpha value is -3.85. The maximum atomic E-state index is 13.3. The number of carbonyl (C=O) groups is 1. The van der Waals surface area contributed by atoms with Crippen LogP contribution in [0.1, 0.15) is 34.4 Å². The third-order valence-corrected chi connectivity index (χ3v) is 6.30. The smallest absolute Gasteiger partial charge is 0.257 e. The van der Waals surface area contributed by atoms with Gasteiger partial charge < -0.3 is 9.42 Å². The van der Waals surface area contributed by atoms with Crippen LogP contribution in [-0.4, -0.2) is 61.8 Å². The molecular formula is C26H27FN6O2. The van der Waals surface area contributed by atoms with Crippen molar-refractivity contribution in [1.29, 1.82) is 0 Å². The summed E-state index contributed by atoms with van der Waals surface area (Å²) in [7, 11) is 0. The number of rotatable bonds is 6. The summed E-state index contributed by atoms with van der Waals surface area (Å²) in [6.07, 6.45) is 2.25. The maximum absolute atomic E-state index is 13.3. The molecule has 1 saturated heterocycles. The second-order valence-corrected chi connectivity index (χ2v) is 8.69. The molecule has 2 aromatic carbocycles. The largest absolute Gasteiger partial charge is 0.338 e. The molecule has 5 rings (SSSR count). The van der Waals surface area contributed by atoms with E-state index in [2.05, 4.69) is 20.1 Å². The van der Waals surface area contributed by atoms with Gasteiger partial charge in [-0.1, -0.05) is 41.9 Å². The van der Waals surface area contributed by atoms with Crippen LogP contribution in [0.3, 0.4) is 0 Å². The molecule has 1 aliphatic heterocycles. The Bertz CT molecular complexity index is 1300. The first-order valence-electron chi connectivity index (χ1n) is 11.8. The van der Waals surface area contributed by atoms with Crippen molar-refractivity contribution in [2.75, 3.05) is 26.2 Å². The van der Waals surface area contributed by atoms with Gasteiger partial charge in [0.2, 0.25) is 11.7 Å². The van der Waals surface area contributed by atoms with Crippen LogP contribution in [0.4, 0.5) is 4.39 Å². The summed E-state index contributed by atoms with van der Waals surface area (Å²) in [5.41, 5.74) is 4.24. The van der Waals surface area contributed by atoms with Gasteiger partial charge in [-0.2, -0.15) is 10.1 Å². The highest BCUT2D eigenvalue weighted by atomic mass is 19.1. The first-order chi connectivity index (χ1) is 17.0. The van der Waals surface area contributed by atoms with Crippen LogP contribution in [0.15, 0.2) is 59.3 Å². The molecule has 0 bridgehead atoms. The highest BCUT2D eigenvalue weighted by molar-refractivity contribution is 5.95. The molecule has 1 amide bonds. The summed E-state index contributed by atoms with van der Waals surface area (Å²) in [6, 6.07) is 14.1. The summed E-state index contributed by atoms with van der Waals surface area (Å²) < 4.78 is 20.5. The van der Waals surface area contributed by atoms with E-state index >= 15 is 0 Å². The predicted molar refractivity (Wildman–Crippen MR) is 129 cm³/mol. The number of halogens is 1. The molecule has 3 heterocycles. The van der Waals surface area contributed by atoms with Crippen molar-refractivity contribution in [3.8, 4) is 17.1 Å². The standard InChI is InChI=1S/C26H27FN6O2/c1-3-23-22(16-28-33(23)21-10-8-20(27)9-11-21)26(34)32-14-12-31(13-15-32)17-24-29-25(30-35-24)19-6-4-18(2)5-7-19/h4-11,16H,3,12-15,17H2,1-2H3. The fourth-order valence-corrected chi connectivity index (χ4v) is 4.31.